The normalized spacial score (nSPS) is 11.3. The van der Waals surface area contributed by atoms with E-state index in [1.165, 1.54) is 6.07 Å². The number of furan rings is 1. The van der Waals surface area contributed by atoms with E-state index in [9.17, 15) is 9.90 Å². The molecular formula is C22H19N3O4. The molecule has 0 saturated carbocycles. The van der Waals surface area contributed by atoms with Gasteiger partial charge in [0.15, 0.2) is 11.4 Å². The summed E-state index contributed by atoms with van der Waals surface area (Å²) in [6.07, 6.45) is 0. The number of amides is 1. The Morgan fingerprint density at radius 2 is 1.83 bits per heavy atom. The molecule has 2 aromatic heterocycles. The number of carbonyl (C=O) groups is 1. The number of aryl methyl sites for hydroxylation is 1. The summed E-state index contributed by atoms with van der Waals surface area (Å²) >= 11 is 0. The van der Waals surface area contributed by atoms with Gasteiger partial charge in [-0.1, -0.05) is 36.4 Å². The predicted molar refractivity (Wildman–Crippen MR) is 108 cm³/mol. The summed E-state index contributed by atoms with van der Waals surface area (Å²) in [6, 6.07) is 19.9. The highest BCUT2D eigenvalue weighted by Crippen LogP contribution is 2.38. The van der Waals surface area contributed by atoms with Gasteiger partial charge in [0, 0.05) is 11.9 Å². The van der Waals surface area contributed by atoms with Gasteiger partial charge in [0.1, 0.15) is 18.1 Å². The van der Waals surface area contributed by atoms with E-state index in [4.69, 9.17) is 9.15 Å². The number of rotatable bonds is 6. The van der Waals surface area contributed by atoms with E-state index < -0.39 is 5.91 Å². The van der Waals surface area contributed by atoms with Gasteiger partial charge >= 0.3 is 5.91 Å². The van der Waals surface area contributed by atoms with Crippen molar-refractivity contribution in [2.45, 2.75) is 20.1 Å². The van der Waals surface area contributed by atoms with Crippen LogP contribution in [0.1, 0.15) is 23.2 Å². The first kappa shape index (κ1) is 18.5. The number of ether oxygens (including phenoxy) is 1. The molecule has 0 aliphatic heterocycles. The third-order valence-electron chi connectivity index (χ3n) is 4.47. The van der Waals surface area contributed by atoms with Gasteiger partial charge in [-0.05, 0) is 37.3 Å². The van der Waals surface area contributed by atoms with Crippen LogP contribution in [0.4, 0.5) is 5.69 Å². The van der Waals surface area contributed by atoms with Gasteiger partial charge in [-0.25, -0.2) is 0 Å². The highest BCUT2D eigenvalue weighted by molar-refractivity contribution is 5.96. The molecule has 2 aromatic carbocycles. The molecule has 0 saturated heterocycles. The fraction of sp³-hybridized carbons (Fsp3) is 0.136. The number of para-hydroxylation sites is 2. The molecule has 7 heteroatoms. The quantitative estimate of drug-likeness (QED) is 0.443. The van der Waals surface area contributed by atoms with Crippen molar-refractivity contribution in [2.75, 3.05) is 0 Å². The number of benzene rings is 2. The van der Waals surface area contributed by atoms with Crippen LogP contribution in [0.5, 0.6) is 11.6 Å². The van der Waals surface area contributed by atoms with Gasteiger partial charge < -0.3 is 18.8 Å². The topological polar surface area (TPSA) is 89.3 Å². The van der Waals surface area contributed by atoms with Crippen molar-refractivity contribution < 1.29 is 19.1 Å². The Balaban J connectivity index is 1.50. The lowest BCUT2D eigenvalue weighted by molar-refractivity contribution is 0.0964. The number of fused-ring (bicyclic) bond motifs is 1. The summed E-state index contributed by atoms with van der Waals surface area (Å²) < 4.78 is 12.8. The first-order valence-corrected chi connectivity index (χ1v) is 9.20. The second-order valence-electron chi connectivity index (χ2n) is 6.31. The summed E-state index contributed by atoms with van der Waals surface area (Å²) in [6.45, 7) is 2.68. The fourth-order valence-corrected chi connectivity index (χ4v) is 3.08. The lowest BCUT2D eigenvalue weighted by Gasteiger charge is -2.02. The van der Waals surface area contributed by atoms with E-state index >= 15 is 0 Å². The first-order valence-electron chi connectivity index (χ1n) is 9.20. The Kier molecular flexibility index (Phi) is 5.11. The van der Waals surface area contributed by atoms with Crippen LogP contribution in [0.2, 0.25) is 0 Å². The van der Waals surface area contributed by atoms with Crippen molar-refractivity contribution in [1.82, 2.24) is 4.57 Å². The Hall–Kier alpha value is -3.87. The summed E-state index contributed by atoms with van der Waals surface area (Å²) in [5.41, 5.74) is 1.09. The molecule has 29 heavy (non-hydrogen) atoms. The van der Waals surface area contributed by atoms with Crippen molar-refractivity contribution in [3.63, 3.8) is 0 Å². The summed E-state index contributed by atoms with van der Waals surface area (Å²) in [7, 11) is 0. The number of hydrogen-bond donors (Lipinski definition) is 1. The van der Waals surface area contributed by atoms with Crippen LogP contribution in [-0.4, -0.2) is 15.6 Å². The van der Waals surface area contributed by atoms with Crippen LogP contribution >= 0.6 is 0 Å². The Bertz CT molecular complexity index is 1180. The molecule has 0 bridgehead atoms. The molecule has 4 rings (SSSR count). The maximum absolute atomic E-state index is 12.3. The summed E-state index contributed by atoms with van der Waals surface area (Å²) in [5, 5.41) is 18.9. The van der Waals surface area contributed by atoms with Gasteiger partial charge in [0.05, 0.1) is 5.52 Å². The second-order valence-corrected chi connectivity index (χ2v) is 6.31. The van der Waals surface area contributed by atoms with Crippen molar-refractivity contribution >= 4 is 22.5 Å². The monoisotopic (exact) mass is 389 g/mol. The van der Waals surface area contributed by atoms with Crippen LogP contribution < -0.4 is 4.74 Å². The molecule has 0 radical (unpaired) electrons. The predicted octanol–water partition coefficient (Wildman–Crippen LogP) is 5.46. The minimum atomic E-state index is -0.635. The molecule has 0 unspecified atom stereocenters. The van der Waals surface area contributed by atoms with E-state index in [1.54, 1.807) is 10.6 Å². The van der Waals surface area contributed by atoms with Crippen molar-refractivity contribution in [1.29, 1.82) is 0 Å². The fourth-order valence-electron chi connectivity index (χ4n) is 3.08. The largest absolute Gasteiger partial charge is 0.493 e. The third-order valence-corrected chi connectivity index (χ3v) is 4.47. The molecule has 0 spiro atoms. The molecule has 0 fully saturated rings. The van der Waals surface area contributed by atoms with Gasteiger partial charge in [0.25, 0.3) is 0 Å². The summed E-state index contributed by atoms with van der Waals surface area (Å²) in [5.74, 6) is 0.599. The average molecular weight is 389 g/mol. The number of aromatic hydroxyl groups is 1. The van der Waals surface area contributed by atoms with E-state index in [0.717, 1.165) is 10.9 Å². The Morgan fingerprint density at radius 3 is 2.62 bits per heavy atom. The lowest BCUT2D eigenvalue weighted by atomic mass is 10.2. The van der Waals surface area contributed by atoms with Crippen LogP contribution in [0.3, 0.4) is 0 Å². The zero-order valence-corrected chi connectivity index (χ0v) is 15.8. The molecule has 2 heterocycles. The Morgan fingerprint density at radius 1 is 1.07 bits per heavy atom. The van der Waals surface area contributed by atoms with Gasteiger partial charge in [-0.3, -0.25) is 4.79 Å². The molecular weight excluding hydrogens is 370 g/mol. The van der Waals surface area contributed by atoms with E-state index in [-0.39, 0.29) is 23.9 Å². The maximum atomic E-state index is 12.3. The SMILES string of the molecule is CCn1c(O)c(N=NC(=O)c2ccc(COc3ccccc3)o2)c2ccccc21. The minimum absolute atomic E-state index is 0.0263. The lowest BCUT2D eigenvalue weighted by Crippen LogP contribution is -1.94. The van der Waals surface area contributed by atoms with Crippen LogP contribution in [-0.2, 0) is 13.2 Å². The molecule has 7 nitrogen and oxygen atoms in total. The summed E-state index contributed by atoms with van der Waals surface area (Å²) in [4.78, 5) is 12.3. The van der Waals surface area contributed by atoms with Crippen LogP contribution in [0.25, 0.3) is 10.9 Å². The molecule has 1 N–H and O–H groups in total. The minimum Gasteiger partial charge on any atom is -0.493 e. The van der Waals surface area contributed by atoms with E-state index in [0.29, 0.717) is 18.1 Å². The number of aromatic nitrogens is 1. The zero-order valence-electron chi connectivity index (χ0n) is 15.8. The van der Waals surface area contributed by atoms with Crippen LogP contribution in [0.15, 0.2) is 81.4 Å². The van der Waals surface area contributed by atoms with Crippen LogP contribution in [0, 0.1) is 0 Å². The number of carbonyl (C=O) groups excluding carboxylic acids is 1. The van der Waals surface area contributed by atoms with Gasteiger partial charge in [0.2, 0.25) is 5.88 Å². The van der Waals surface area contributed by atoms with E-state index in [2.05, 4.69) is 10.2 Å². The third kappa shape index (κ3) is 3.75. The highest BCUT2D eigenvalue weighted by atomic mass is 16.5. The van der Waals surface area contributed by atoms with Crippen molar-refractivity contribution in [3.05, 3.63) is 78.3 Å². The van der Waals surface area contributed by atoms with Gasteiger partial charge in [-0.2, -0.15) is 0 Å². The standard InChI is InChI=1S/C22H19N3O4/c1-2-25-18-11-7-6-10-17(18)20(22(25)27)23-24-21(26)19-13-12-16(29-19)14-28-15-8-4-3-5-9-15/h3-13,27H,2,14H2,1H3. The number of azo groups is 1. The van der Waals surface area contributed by atoms with Crippen molar-refractivity contribution in [2.24, 2.45) is 10.2 Å². The Labute approximate surface area is 166 Å². The molecule has 0 aliphatic rings. The second kappa shape index (κ2) is 8.02. The smallest absolute Gasteiger partial charge is 0.331 e. The molecule has 0 atom stereocenters. The number of hydrogen-bond acceptors (Lipinski definition) is 5. The maximum Gasteiger partial charge on any atom is 0.331 e. The molecule has 146 valence electrons. The highest BCUT2D eigenvalue weighted by Gasteiger charge is 2.17. The number of nitrogens with zero attached hydrogens (tertiary/aromatic N) is 3. The molecule has 4 aromatic rings. The first-order chi connectivity index (χ1) is 14.2. The zero-order chi connectivity index (χ0) is 20.2. The molecule has 1 amide bonds. The molecule has 0 aliphatic carbocycles. The van der Waals surface area contributed by atoms with Crippen molar-refractivity contribution in [3.8, 4) is 11.6 Å². The van der Waals surface area contributed by atoms with Gasteiger partial charge in [-0.15, -0.1) is 10.2 Å². The average Bonchev–Trinajstić information content (AvgIpc) is 3.33. The van der Waals surface area contributed by atoms with E-state index in [1.807, 2.05) is 61.5 Å².